The number of aromatic amines is 1. The summed E-state index contributed by atoms with van der Waals surface area (Å²) in [4.78, 5) is 12.5. The van der Waals surface area contributed by atoms with Gasteiger partial charge in [0.15, 0.2) is 0 Å². The molecule has 2 saturated carbocycles. The summed E-state index contributed by atoms with van der Waals surface area (Å²) in [6.07, 6.45) is 18.9. The predicted molar refractivity (Wildman–Crippen MR) is 113 cm³/mol. The van der Waals surface area contributed by atoms with Crippen molar-refractivity contribution >= 4 is 7.82 Å². The number of nitrogens with one attached hydrogen (secondary N) is 1. The zero-order valence-electron chi connectivity index (χ0n) is 17.7. The van der Waals surface area contributed by atoms with Crippen molar-refractivity contribution in [2.45, 2.75) is 77.0 Å². The van der Waals surface area contributed by atoms with Gasteiger partial charge < -0.3 is 24.7 Å². The Kier molecular flexibility index (Phi) is 19.1. The van der Waals surface area contributed by atoms with Crippen LogP contribution in [0.2, 0.25) is 0 Å². The number of aromatic nitrogens is 1. The minimum Gasteiger partial charge on any atom is -0.367 e. The first-order valence-corrected chi connectivity index (χ1v) is 11.4. The molecule has 2 N–H and O–H groups in total. The van der Waals surface area contributed by atoms with Crippen LogP contribution in [0.5, 0.6) is 0 Å². The molecule has 166 valence electrons. The van der Waals surface area contributed by atoms with Crippen molar-refractivity contribution in [3.63, 3.8) is 0 Å². The third kappa shape index (κ3) is 14.0. The molecule has 1 unspecified atom stereocenters. The Morgan fingerprint density at radius 2 is 1.57 bits per heavy atom. The monoisotopic (exact) mass is 457 g/mol. The van der Waals surface area contributed by atoms with E-state index in [0.29, 0.717) is 13.0 Å². The number of rotatable bonds is 9. The fourth-order valence-corrected chi connectivity index (χ4v) is 4.32. The van der Waals surface area contributed by atoms with E-state index in [1.165, 1.54) is 57.8 Å². The SMILES string of the molecule is C1CCCC1.O=P(O)(OCCCC1CCCC1)OCCc1cc[nH]c1.[CH3-].[CH3-].[Fe+2]. The number of H-pyrrole nitrogens is 1. The van der Waals surface area contributed by atoms with Crippen LogP contribution in [0.3, 0.4) is 0 Å². The third-order valence-corrected chi connectivity index (χ3v) is 6.06. The average molecular weight is 457 g/mol. The van der Waals surface area contributed by atoms with Gasteiger partial charge in [-0.1, -0.05) is 57.8 Å². The first kappa shape index (κ1) is 30.1. The molecule has 2 aliphatic rings. The van der Waals surface area contributed by atoms with Crippen LogP contribution in [-0.2, 0) is 37.1 Å². The van der Waals surface area contributed by atoms with Crippen LogP contribution in [-0.4, -0.2) is 23.1 Å². The minimum absolute atomic E-state index is 0. The summed E-state index contributed by atoms with van der Waals surface area (Å²) >= 11 is 0. The summed E-state index contributed by atoms with van der Waals surface area (Å²) in [7, 11) is -3.88. The van der Waals surface area contributed by atoms with Gasteiger partial charge in [-0.3, -0.25) is 9.05 Å². The van der Waals surface area contributed by atoms with Crippen LogP contribution in [0, 0.1) is 20.8 Å². The van der Waals surface area contributed by atoms with Crippen molar-refractivity contribution in [1.82, 2.24) is 4.98 Å². The quantitative estimate of drug-likeness (QED) is 0.192. The first-order valence-electron chi connectivity index (χ1n) is 9.89. The van der Waals surface area contributed by atoms with E-state index in [9.17, 15) is 9.46 Å². The van der Waals surface area contributed by atoms with Gasteiger partial charge in [0, 0.05) is 12.4 Å². The van der Waals surface area contributed by atoms with E-state index in [-0.39, 0.29) is 38.5 Å². The molecule has 28 heavy (non-hydrogen) atoms. The van der Waals surface area contributed by atoms with Gasteiger partial charge in [0.2, 0.25) is 0 Å². The van der Waals surface area contributed by atoms with E-state index in [4.69, 9.17) is 9.05 Å². The van der Waals surface area contributed by atoms with Crippen LogP contribution >= 0.6 is 7.82 Å². The first-order chi connectivity index (χ1) is 12.2. The molecule has 0 amide bonds. The van der Waals surface area contributed by atoms with Crippen molar-refractivity contribution < 1.29 is 35.6 Å². The van der Waals surface area contributed by atoms with Gasteiger partial charge in [-0.15, -0.1) is 0 Å². The van der Waals surface area contributed by atoms with E-state index >= 15 is 0 Å². The van der Waals surface area contributed by atoms with E-state index < -0.39 is 7.82 Å². The number of hydrogen-bond donors (Lipinski definition) is 2. The van der Waals surface area contributed by atoms with Crippen molar-refractivity contribution in [2.24, 2.45) is 5.92 Å². The molecule has 0 radical (unpaired) electrons. The molecular weight excluding hydrogens is 417 g/mol. The topological polar surface area (TPSA) is 71.6 Å². The second kappa shape index (κ2) is 17.7. The molecule has 1 aromatic heterocycles. The van der Waals surface area contributed by atoms with Gasteiger partial charge >= 0.3 is 24.9 Å². The summed E-state index contributed by atoms with van der Waals surface area (Å²) in [5.74, 6) is 0.784. The van der Waals surface area contributed by atoms with Gasteiger partial charge in [-0.05, 0) is 36.8 Å². The average Bonchev–Trinajstić information content (AvgIpc) is 3.36. The standard InChI is InChI=1S/C14H24NO4P.C5H10.2CH3.Fe/c16-20(17,19-11-8-14-7-9-15-12-14)18-10-3-6-13-4-1-2-5-13;1-2-4-5-3-1;;;/h7,9,12-13,15H,1-6,8,10-11H2,(H,16,17);1-5H2;2*1H3;/q;;2*-1;+2. The van der Waals surface area contributed by atoms with Crippen molar-refractivity contribution in [3.8, 4) is 0 Å². The molecule has 2 fully saturated rings. The van der Waals surface area contributed by atoms with Gasteiger partial charge in [0.25, 0.3) is 0 Å². The van der Waals surface area contributed by atoms with E-state index in [0.717, 1.165) is 24.3 Å². The Balaban J connectivity index is 0. The maximum Gasteiger partial charge on any atom is 2.00 e. The van der Waals surface area contributed by atoms with E-state index in [2.05, 4.69) is 4.98 Å². The molecule has 0 aliphatic heterocycles. The van der Waals surface area contributed by atoms with Gasteiger partial charge in [0.05, 0.1) is 13.2 Å². The van der Waals surface area contributed by atoms with Crippen LogP contribution in [0.15, 0.2) is 18.5 Å². The summed E-state index contributed by atoms with van der Waals surface area (Å²) in [6, 6.07) is 1.91. The van der Waals surface area contributed by atoms with Crippen LogP contribution < -0.4 is 0 Å². The van der Waals surface area contributed by atoms with E-state index in [1.807, 2.05) is 18.5 Å². The molecule has 0 bridgehead atoms. The minimum atomic E-state index is -3.88. The largest absolute Gasteiger partial charge is 2.00 e. The maximum absolute atomic E-state index is 11.6. The fourth-order valence-electron chi connectivity index (χ4n) is 3.56. The smallest absolute Gasteiger partial charge is 0.367 e. The Labute approximate surface area is 183 Å². The van der Waals surface area contributed by atoms with Crippen LogP contribution in [0.1, 0.15) is 76.2 Å². The van der Waals surface area contributed by atoms with Gasteiger partial charge in [-0.2, -0.15) is 0 Å². The summed E-state index contributed by atoms with van der Waals surface area (Å²) < 4.78 is 21.6. The molecule has 0 spiro atoms. The summed E-state index contributed by atoms with van der Waals surface area (Å²) in [5.41, 5.74) is 1.05. The summed E-state index contributed by atoms with van der Waals surface area (Å²) in [5, 5.41) is 0. The molecule has 1 aromatic rings. The molecule has 1 heterocycles. The number of phosphoric ester groups is 1. The Morgan fingerprint density at radius 1 is 1.00 bits per heavy atom. The molecule has 0 aromatic carbocycles. The third-order valence-electron chi connectivity index (χ3n) is 5.04. The predicted octanol–water partition coefficient (Wildman–Crippen LogP) is 6.51. The Morgan fingerprint density at radius 3 is 2.11 bits per heavy atom. The van der Waals surface area contributed by atoms with Crippen LogP contribution in [0.25, 0.3) is 0 Å². The summed E-state index contributed by atoms with van der Waals surface area (Å²) in [6.45, 7) is 0.489. The molecule has 5 nitrogen and oxygen atoms in total. The molecule has 7 heteroatoms. The second-order valence-corrected chi connectivity index (χ2v) is 8.62. The molecule has 1 atom stereocenters. The second-order valence-electron chi connectivity index (χ2n) is 7.16. The fraction of sp³-hybridized carbons (Fsp3) is 0.714. The van der Waals surface area contributed by atoms with Crippen molar-refractivity contribution in [3.05, 3.63) is 38.9 Å². The molecule has 0 saturated heterocycles. The molecule has 3 rings (SSSR count). The van der Waals surface area contributed by atoms with Gasteiger partial charge in [-0.25, -0.2) is 4.57 Å². The van der Waals surface area contributed by atoms with E-state index in [1.54, 1.807) is 0 Å². The Bertz CT molecular complexity index is 481. The number of hydrogen-bond acceptors (Lipinski definition) is 3. The zero-order valence-corrected chi connectivity index (χ0v) is 19.7. The van der Waals surface area contributed by atoms with Crippen molar-refractivity contribution in [1.29, 1.82) is 0 Å². The van der Waals surface area contributed by atoms with Crippen molar-refractivity contribution in [2.75, 3.05) is 13.2 Å². The number of phosphoric acid groups is 1. The maximum atomic E-state index is 11.6. The Hall–Kier alpha value is -0.0905. The van der Waals surface area contributed by atoms with Crippen LogP contribution in [0.4, 0.5) is 0 Å². The molecular formula is C21H40FeNO4P. The normalized spacial score (nSPS) is 18.0. The van der Waals surface area contributed by atoms with Gasteiger partial charge in [0.1, 0.15) is 0 Å². The zero-order chi connectivity index (χ0) is 17.8. The molecule has 2 aliphatic carbocycles.